The second-order valence-corrected chi connectivity index (χ2v) is 7.18. The molecule has 0 radical (unpaired) electrons. The van der Waals surface area contributed by atoms with Crippen LogP contribution in [0, 0.1) is 6.92 Å². The molecule has 28 heavy (non-hydrogen) atoms. The van der Waals surface area contributed by atoms with E-state index in [1.807, 2.05) is 12.3 Å². The van der Waals surface area contributed by atoms with Gasteiger partial charge in [-0.2, -0.15) is 0 Å². The normalized spacial score (nSPS) is 10.8. The number of benzene rings is 1. The fourth-order valence-electron chi connectivity index (χ4n) is 2.71. The summed E-state index contributed by atoms with van der Waals surface area (Å²) in [5.74, 6) is 0.249. The highest BCUT2D eigenvalue weighted by atomic mass is 32.1. The van der Waals surface area contributed by atoms with Gasteiger partial charge in [0.05, 0.1) is 12.8 Å². The van der Waals surface area contributed by atoms with Crippen molar-refractivity contribution < 1.29 is 14.3 Å². The quantitative estimate of drug-likeness (QED) is 0.659. The number of hydrogen-bond donors (Lipinski definition) is 1. The number of nitrogens with zero attached hydrogens (tertiary/aromatic N) is 3. The largest absolute Gasteiger partial charge is 0.497 e. The molecule has 1 aromatic heterocycles. The van der Waals surface area contributed by atoms with Crippen LogP contribution in [0.1, 0.15) is 29.9 Å². The second kappa shape index (κ2) is 10.8. The number of aromatic nitrogens is 1. The summed E-state index contributed by atoms with van der Waals surface area (Å²) in [6.45, 7) is 8.97. The molecule has 0 saturated carbocycles. The molecule has 1 N–H and O–H groups in total. The average molecular weight is 405 g/mol. The molecule has 2 amide bonds. The summed E-state index contributed by atoms with van der Waals surface area (Å²) in [6.07, 6.45) is 0. The molecular formula is C20H28N4O3S. The standard InChI is InChI=1S/C20H28N4O3S/c1-5-23(6-2)11-12-24(13-18(25)22-20-21-15(3)14-28-20)19(26)16-7-9-17(27-4)10-8-16/h7-10,14H,5-6,11-13H2,1-4H3,(H,21,22,25). The maximum absolute atomic E-state index is 13.0. The van der Waals surface area contributed by atoms with Crippen LogP contribution in [-0.2, 0) is 4.79 Å². The summed E-state index contributed by atoms with van der Waals surface area (Å²) in [4.78, 5) is 33.5. The number of methoxy groups -OCH3 is 1. The van der Waals surface area contributed by atoms with Crippen molar-refractivity contribution in [3.8, 4) is 5.75 Å². The fraction of sp³-hybridized carbons (Fsp3) is 0.450. The highest BCUT2D eigenvalue weighted by molar-refractivity contribution is 7.13. The van der Waals surface area contributed by atoms with Crippen LogP contribution in [0.25, 0.3) is 0 Å². The first-order valence-electron chi connectivity index (χ1n) is 9.34. The lowest BCUT2D eigenvalue weighted by atomic mass is 10.2. The molecule has 0 spiro atoms. The Morgan fingerprint density at radius 2 is 1.82 bits per heavy atom. The van der Waals surface area contributed by atoms with Crippen molar-refractivity contribution >= 4 is 28.3 Å². The molecule has 0 fully saturated rings. The summed E-state index contributed by atoms with van der Waals surface area (Å²) in [6, 6.07) is 6.92. The van der Waals surface area contributed by atoms with Gasteiger partial charge < -0.3 is 19.9 Å². The van der Waals surface area contributed by atoms with Crippen molar-refractivity contribution in [3.05, 3.63) is 40.9 Å². The number of rotatable bonds is 10. The number of nitrogens with one attached hydrogen (secondary N) is 1. The van der Waals surface area contributed by atoms with Crippen LogP contribution in [0.3, 0.4) is 0 Å². The molecule has 152 valence electrons. The molecule has 0 saturated heterocycles. The molecule has 1 heterocycles. The van der Waals surface area contributed by atoms with Gasteiger partial charge in [0, 0.05) is 24.0 Å². The number of ether oxygens (including phenoxy) is 1. The van der Waals surface area contributed by atoms with Crippen LogP contribution in [0.5, 0.6) is 5.75 Å². The molecule has 0 aliphatic heterocycles. The molecule has 8 heteroatoms. The summed E-state index contributed by atoms with van der Waals surface area (Å²) >= 11 is 1.37. The van der Waals surface area contributed by atoms with E-state index in [9.17, 15) is 9.59 Å². The summed E-state index contributed by atoms with van der Waals surface area (Å²) < 4.78 is 5.15. The van der Waals surface area contributed by atoms with Gasteiger partial charge in [-0.25, -0.2) is 4.98 Å². The molecule has 2 aromatic rings. The minimum atomic E-state index is -0.254. The van der Waals surface area contributed by atoms with E-state index in [-0.39, 0.29) is 18.4 Å². The third-order valence-electron chi connectivity index (χ3n) is 4.40. The Bertz CT molecular complexity index is 772. The molecule has 0 aliphatic rings. The first-order chi connectivity index (χ1) is 13.5. The van der Waals surface area contributed by atoms with Crippen molar-refractivity contribution in [2.45, 2.75) is 20.8 Å². The van der Waals surface area contributed by atoms with Crippen LogP contribution in [-0.4, -0.2) is 66.4 Å². The predicted molar refractivity (Wildman–Crippen MR) is 112 cm³/mol. The Labute approximate surface area is 170 Å². The Morgan fingerprint density at radius 1 is 1.14 bits per heavy atom. The van der Waals surface area contributed by atoms with Gasteiger partial charge >= 0.3 is 0 Å². The highest BCUT2D eigenvalue weighted by Gasteiger charge is 2.20. The lowest BCUT2D eigenvalue weighted by Gasteiger charge is -2.26. The van der Waals surface area contributed by atoms with Gasteiger partial charge in [-0.3, -0.25) is 9.59 Å². The van der Waals surface area contributed by atoms with Gasteiger partial charge in [0.25, 0.3) is 5.91 Å². The maximum atomic E-state index is 13.0. The summed E-state index contributed by atoms with van der Waals surface area (Å²) in [5.41, 5.74) is 1.38. The number of carbonyl (C=O) groups excluding carboxylic acids is 2. The Kier molecular flexibility index (Phi) is 8.41. The third-order valence-corrected chi connectivity index (χ3v) is 5.28. The number of carbonyl (C=O) groups is 2. The van der Waals surface area contributed by atoms with Gasteiger partial charge in [-0.15, -0.1) is 11.3 Å². The number of thiazole rings is 1. The van der Waals surface area contributed by atoms with Gasteiger partial charge in [0.15, 0.2) is 5.13 Å². The zero-order valence-electron chi connectivity index (χ0n) is 16.9. The molecule has 7 nitrogen and oxygen atoms in total. The van der Waals surface area contributed by atoms with Gasteiger partial charge in [0.2, 0.25) is 5.91 Å². The van der Waals surface area contributed by atoms with Crippen LogP contribution < -0.4 is 10.1 Å². The maximum Gasteiger partial charge on any atom is 0.254 e. The van der Waals surface area contributed by atoms with Crippen molar-refractivity contribution in [1.82, 2.24) is 14.8 Å². The summed E-state index contributed by atoms with van der Waals surface area (Å²) in [7, 11) is 1.58. The van der Waals surface area contributed by atoms with E-state index < -0.39 is 0 Å². The zero-order valence-corrected chi connectivity index (χ0v) is 17.7. The minimum absolute atomic E-state index is 0.0231. The molecule has 0 bridgehead atoms. The van der Waals surface area contributed by atoms with Gasteiger partial charge in [-0.1, -0.05) is 13.8 Å². The first-order valence-corrected chi connectivity index (χ1v) is 10.2. The van der Waals surface area contributed by atoms with E-state index >= 15 is 0 Å². The summed E-state index contributed by atoms with van der Waals surface area (Å²) in [5, 5.41) is 5.19. The molecule has 0 aliphatic carbocycles. The van der Waals surface area contributed by atoms with Crippen molar-refractivity contribution in [2.24, 2.45) is 0 Å². The van der Waals surface area contributed by atoms with Crippen LogP contribution in [0.4, 0.5) is 5.13 Å². The van der Waals surface area contributed by atoms with Crippen molar-refractivity contribution in [3.63, 3.8) is 0 Å². The van der Waals surface area contributed by atoms with E-state index in [4.69, 9.17) is 4.74 Å². The zero-order chi connectivity index (χ0) is 20.5. The molecule has 0 atom stereocenters. The number of aryl methyl sites for hydroxylation is 1. The molecular weight excluding hydrogens is 376 g/mol. The van der Waals surface area contributed by atoms with Crippen LogP contribution in [0.2, 0.25) is 0 Å². The Morgan fingerprint density at radius 3 is 2.36 bits per heavy atom. The topological polar surface area (TPSA) is 74.8 Å². The molecule has 2 rings (SSSR count). The second-order valence-electron chi connectivity index (χ2n) is 6.32. The predicted octanol–water partition coefficient (Wildman–Crippen LogP) is 2.88. The molecule has 0 unspecified atom stereocenters. The van der Waals surface area contributed by atoms with E-state index in [1.54, 1.807) is 36.3 Å². The molecule has 1 aromatic carbocycles. The lowest BCUT2D eigenvalue weighted by Crippen LogP contribution is -2.42. The SMILES string of the molecule is CCN(CC)CCN(CC(=O)Nc1nc(C)cs1)C(=O)c1ccc(OC)cc1. The van der Waals surface area contributed by atoms with E-state index in [0.29, 0.717) is 29.5 Å². The van der Waals surface area contributed by atoms with E-state index in [2.05, 4.69) is 29.0 Å². The first kappa shape index (κ1) is 21.8. The smallest absolute Gasteiger partial charge is 0.254 e. The van der Waals surface area contributed by atoms with Gasteiger partial charge in [-0.05, 0) is 44.3 Å². The Hall–Kier alpha value is -2.45. The number of hydrogen-bond acceptors (Lipinski definition) is 6. The third kappa shape index (κ3) is 6.31. The number of amides is 2. The van der Waals surface area contributed by atoms with Gasteiger partial charge in [0.1, 0.15) is 12.3 Å². The fourth-order valence-corrected chi connectivity index (χ4v) is 3.42. The van der Waals surface area contributed by atoms with E-state index in [1.165, 1.54) is 11.3 Å². The van der Waals surface area contributed by atoms with Crippen LogP contribution in [0.15, 0.2) is 29.6 Å². The number of anilines is 1. The van der Waals surface area contributed by atoms with Crippen LogP contribution >= 0.6 is 11.3 Å². The average Bonchev–Trinajstić information content (AvgIpc) is 3.11. The lowest BCUT2D eigenvalue weighted by molar-refractivity contribution is -0.116. The van der Waals surface area contributed by atoms with Crippen molar-refractivity contribution in [2.75, 3.05) is 45.2 Å². The number of likely N-dealkylation sites (N-methyl/N-ethyl adjacent to an activating group) is 1. The van der Waals surface area contributed by atoms with Crippen molar-refractivity contribution in [1.29, 1.82) is 0 Å². The minimum Gasteiger partial charge on any atom is -0.497 e. The Balaban J connectivity index is 2.10. The highest BCUT2D eigenvalue weighted by Crippen LogP contribution is 2.15. The van der Waals surface area contributed by atoms with E-state index in [0.717, 1.165) is 18.8 Å². The monoisotopic (exact) mass is 404 g/mol.